The molecule has 2 aromatic rings. The first-order valence-corrected chi connectivity index (χ1v) is 8.91. The van der Waals surface area contributed by atoms with E-state index < -0.39 is 6.10 Å². The zero-order valence-electron chi connectivity index (χ0n) is 14.2. The second-order valence-corrected chi connectivity index (χ2v) is 6.79. The molecular formula is C19H23N3O3. The van der Waals surface area contributed by atoms with Crippen LogP contribution in [0.15, 0.2) is 36.4 Å². The van der Waals surface area contributed by atoms with Gasteiger partial charge in [-0.05, 0) is 37.0 Å². The Hall–Kier alpha value is -2.34. The quantitative estimate of drug-likeness (QED) is 0.874. The smallest absolute Gasteiger partial charge is 0.226 e. The van der Waals surface area contributed by atoms with Gasteiger partial charge in [0.15, 0.2) is 0 Å². The van der Waals surface area contributed by atoms with Gasteiger partial charge >= 0.3 is 0 Å². The normalized spacial score (nSPS) is 17.9. The Morgan fingerprint density at radius 2 is 2.08 bits per heavy atom. The summed E-state index contributed by atoms with van der Waals surface area (Å²) >= 11 is 0. The maximum atomic E-state index is 12.4. The number of carbonyl (C=O) groups is 1. The molecule has 1 aliphatic carbocycles. The summed E-state index contributed by atoms with van der Waals surface area (Å²) in [5, 5.41) is 14.7. The van der Waals surface area contributed by atoms with Crippen LogP contribution in [0.3, 0.4) is 0 Å². The number of amides is 1. The van der Waals surface area contributed by atoms with Crippen LogP contribution in [-0.4, -0.2) is 38.8 Å². The molecule has 6 nitrogen and oxygen atoms in total. The van der Waals surface area contributed by atoms with Gasteiger partial charge in [0, 0.05) is 6.54 Å². The number of hydrogen-bond acceptors (Lipinski definition) is 4. The van der Waals surface area contributed by atoms with E-state index in [1.807, 2.05) is 46.0 Å². The van der Waals surface area contributed by atoms with Gasteiger partial charge in [0.1, 0.15) is 11.9 Å². The Balaban J connectivity index is 1.31. The molecule has 2 aliphatic rings. The SMILES string of the molecule is O=C(CCOc1ccccc1)N1CCn2nc(C(O)C3CC3)cc2C1. The average Bonchev–Trinajstić information content (AvgIpc) is 3.40. The van der Waals surface area contributed by atoms with E-state index in [0.717, 1.165) is 30.0 Å². The summed E-state index contributed by atoms with van der Waals surface area (Å²) in [6.45, 7) is 2.26. The van der Waals surface area contributed by atoms with Gasteiger partial charge in [-0.1, -0.05) is 18.2 Å². The van der Waals surface area contributed by atoms with Gasteiger partial charge in [0.2, 0.25) is 5.91 Å². The molecule has 1 aromatic heterocycles. The van der Waals surface area contributed by atoms with Gasteiger partial charge in [-0.3, -0.25) is 9.48 Å². The summed E-state index contributed by atoms with van der Waals surface area (Å²) in [6.07, 6.45) is 2.06. The lowest BCUT2D eigenvalue weighted by Gasteiger charge is -2.27. The molecule has 0 saturated heterocycles. The van der Waals surface area contributed by atoms with Crippen LogP contribution in [0.1, 0.15) is 36.8 Å². The third-order valence-electron chi connectivity index (χ3n) is 4.87. The van der Waals surface area contributed by atoms with Gasteiger partial charge in [0.25, 0.3) is 0 Å². The summed E-state index contributed by atoms with van der Waals surface area (Å²) in [5.41, 5.74) is 1.75. The van der Waals surface area contributed by atoms with Crippen molar-refractivity contribution in [3.63, 3.8) is 0 Å². The van der Waals surface area contributed by atoms with Gasteiger partial charge in [-0.2, -0.15) is 5.10 Å². The van der Waals surface area contributed by atoms with E-state index in [1.165, 1.54) is 0 Å². The van der Waals surface area contributed by atoms with Crippen LogP contribution in [0.4, 0.5) is 0 Å². The van der Waals surface area contributed by atoms with E-state index in [0.29, 0.717) is 38.6 Å². The van der Waals surface area contributed by atoms with Gasteiger partial charge in [-0.25, -0.2) is 0 Å². The fourth-order valence-electron chi connectivity index (χ4n) is 3.23. The largest absolute Gasteiger partial charge is 0.493 e. The van der Waals surface area contributed by atoms with Crippen molar-refractivity contribution >= 4 is 5.91 Å². The second kappa shape index (κ2) is 6.88. The lowest BCUT2D eigenvalue weighted by Crippen LogP contribution is -2.38. The molecule has 1 aromatic carbocycles. The lowest BCUT2D eigenvalue weighted by atomic mass is 10.1. The van der Waals surface area contributed by atoms with Crippen LogP contribution in [-0.2, 0) is 17.9 Å². The molecule has 132 valence electrons. The number of aliphatic hydroxyl groups excluding tert-OH is 1. The van der Waals surface area contributed by atoms with E-state index in [-0.39, 0.29) is 5.91 Å². The highest BCUT2D eigenvalue weighted by atomic mass is 16.5. The molecule has 0 bridgehead atoms. The first-order valence-electron chi connectivity index (χ1n) is 8.91. The third kappa shape index (κ3) is 3.69. The summed E-state index contributed by atoms with van der Waals surface area (Å²) in [7, 11) is 0. The lowest BCUT2D eigenvalue weighted by molar-refractivity contribution is -0.133. The van der Waals surface area contributed by atoms with Crippen LogP contribution >= 0.6 is 0 Å². The molecule has 1 fully saturated rings. The average molecular weight is 341 g/mol. The van der Waals surface area contributed by atoms with Crippen LogP contribution in [0.2, 0.25) is 0 Å². The highest BCUT2D eigenvalue weighted by molar-refractivity contribution is 5.76. The van der Waals surface area contributed by atoms with E-state index in [4.69, 9.17) is 4.74 Å². The molecule has 25 heavy (non-hydrogen) atoms. The number of fused-ring (bicyclic) bond motifs is 1. The maximum absolute atomic E-state index is 12.4. The van der Waals surface area contributed by atoms with Crippen molar-refractivity contribution < 1.29 is 14.6 Å². The van der Waals surface area contributed by atoms with Gasteiger partial charge in [-0.15, -0.1) is 0 Å². The summed E-state index contributed by atoms with van der Waals surface area (Å²) in [5.74, 6) is 1.24. The van der Waals surface area contributed by atoms with E-state index >= 15 is 0 Å². The summed E-state index contributed by atoms with van der Waals surface area (Å²) in [6, 6.07) is 11.5. The number of carbonyl (C=O) groups excluding carboxylic acids is 1. The number of aromatic nitrogens is 2. The topological polar surface area (TPSA) is 67.6 Å². The molecule has 1 saturated carbocycles. The summed E-state index contributed by atoms with van der Waals surface area (Å²) < 4.78 is 7.53. The van der Waals surface area contributed by atoms with Crippen LogP contribution in [0.25, 0.3) is 0 Å². The monoisotopic (exact) mass is 341 g/mol. The minimum atomic E-state index is -0.457. The molecule has 0 radical (unpaired) electrons. The molecule has 2 heterocycles. The van der Waals surface area contributed by atoms with E-state index in [1.54, 1.807) is 0 Å². The molecular weight excluding hydrogens is 318 g/mol. The fourth-order valence-corrected chi connectivity index (χ4v) is 3.23. The zero-order valence-corrected chi connectivity index (χ0v) is 14.2. The van der Waals surface area contributed by atoms with E-state index in [9.17, 15) is 9.90 Å². The molecule has 1 N–H and O–H groups in total. The van der Waals surface area contributed by atoms with Crippen molar-refractivity contribution in [1.29, 1.82) is 0 Å². The first kappa shape index (κ1) is 16.1. The molecule has 1 amide bonds. The minimum Gasteiger partial charge on any atom is -0.493 e. The first-order chi connectivity index (χ1) is 12.2. The maximum Gasteiger partial charge on any atom is 0.226 e. The van der Waals surface area contributed by atoms with Crippen molar-refractivity contribution in [2.24, 2.45) is 5.92 Å². The second-order valence-electron chi connectivity index (χ2n) is 6.79. The number of ether oxygens (including phenoxy) is 1. The zero-order chi connectivity index (χ0) is 17.2. The van der Waals surface area contributed by atoms with Gasteiger partial charge in [0.05, 0.1) is 37.5 Å². The molecule has 1 atom stereocenters. The Morgan fingerprint density at radius 1 is 1.28 bits per heavy atom. The number of para-hydroxylation sites is 1. The number of benzene rings is 1. The van der Waals surface area contributed by atoms with Crippen molar-refractivity contribution in [3.05, 3.63) is 47.8 Å². The minimum absolute atomic E-state index is 0.0904. The fraction of sp³-hybridized carbons (Fsp3) is 0.474. The van der Waals surface area contributed by atoms with Crippen molar-refractivity contribution in [3.8, 4) is 5.75 Å². The predicted molar refractivity (Wildman–Crippen MR) is 91.9 cm³/mol. The highest BCUT2D eigenvalue weighted by Crippen LogP contribution is 2.40. The highest BCUT2D eigenvalue weighted by Gasteiger charge is 2.33. The van der Waals surface area contributed by atoms with Crippen LogP contribution in [0.5, 0.6) is 5.75 Å². The standard InChI is InChI=1S/C19H23N3O3/c23-18(8-11-25-16-4-2-1-3-5-16)21-9-10-22-15(13-21)12-17(20-22)19(24)14-6-7-14/h1-5,12,14,19,24H,6-11,13H2. The molecule has 1 unspecified atom stereocenters. The molecule has 1 aliphatic heterocycles. The number of hydrogen-bond donors (Lipinski definition) is 1. The Kier molecular flexibility index (Phi) is 4.44. The summed E-state index contributed by atoms with van der Waals surface area (Å²) in [4.78, 5) is 14.3. The molecule has 4 rings (SSSR count). The Labute approximate surface area is 147 Å². The van der Waals surface area contributed by atoms with Gasteiger partial charge < -0.3 is 14.7 Å². The number of rotatable bonds is 6. The Morgan fingerprint density at radius 3 is 2.84 bits per heavy atom. The van der Waals surface area contributed by atoms with Crippen LogP contribution in [0, 0.1) is 5.92 Å². The number of nitrogens with zero attached hydrogens (tertiary/aromatic N) is 3. The van der Waals surface area contributed by atoms with Crippen molar-refractivity contribution in [2.45, 2.75) is 38.5 Å². The predicted octanol–water partition coefficient (Wildman–Crippen LogP) is 2.14. The van der Waals surface area contributed by atoms with Crippen molar-refractivity contribution in [1.82, 2.24) is 14.7 Å². The van der Waals surface area contributed by atoms with Crippen LogP contribution < -0.4 is 4.74 Å². The third-order valence-corrected chi connectivity index (χ3v) is 4.87. The molecule has 6 heteroatoms. The van der Waals surface area contributed by atoms with Crippen molar-refractivity contribution in [2.75, 3.05) is 13.2 Å². The molecule has 0 spiro atoms. The Bertz CT molecular complexity index is 740. The van der Waals surface area contributed by atoms with E-state index in [2.05, 4.69) is 5.10 Å². The number of aliphatic hydroxyl groups is 1.